The Morgan fingerprint density at radius 1 is 1.22 bits per heavy atom. The van der Waals surface area contributed by atoms with Gasteiger partial charge in [-0.25, -0.2) is 0 Å². The molecule has 5 rings (SSSR count). The number of hydrogen-bond acceptors (Lipinski definition) is 3. The number of pyridine rings is 1. The Morgan fingerprint density at radius 2 is 1.97 bits per heavy atom. The van der Waals surface area contributed by atoms with Crippen molar-refractivity contribution < 1.29 is 9.53 Å². The maximum absolute atomic E-state index is 13.2. The minimum Gasteiger partial charge on any atom is -0.497 e. The number of benzene rings is 1. The predicted molar refractivity (Wildman–Crippen MR) is 125 cm³/mol. The van der Waals surface area contributed by atoms with Crippen LogP contribution in [0.2, 0.25) is 0 Å². The molecule has 168 valence electrons. The van der Waals surface area contributed by atoms with Crippen molar-refractivity contribution in [1.29, 1.82) is 0 Å². The third-order valence-electron chi connectivity index (χ3n) is 8.06. The highest BCUT2D eigenvalue weighted by Gasteiger charge is 2.62. The smallest absolute Gasteiger partial charge is 0.257 e. The van der Waals surface area contributed by atoms with E-state index in [1.165, 1.54) is 12.8 Å². The Kier molecular flexibility index (Phi) is 5.23. The van der Waals surface area contributed by atoms with Gasteiger partial charge in [-0.1, -0.05) is 31.2 Å². The van der Waals surface area contributed by atoms with Crippen molar-refractivity contribution in [2.75, 3.05) is 13.7 Å². The summed E-state index contributed by atoms with van der Waals surface area (Å²) in [5, 5.41) is 3.13. The van der Waals surface area contributed by atoms with E-state index in [0.717, 1.165) is 29.1 Å². The number of amides is 1. The first-order chi connectivity index (χ1) is 15.5. The molecule has 0 radical (unpaired) electrons. The first-order valence-corrected chi connectivity index (χ1v) is 11.8. The van der Waals surface area contributed by atoms with Crippen LogP contribution in [0, 0.1) is 30.1 Å². The maximum Gasteiger partial charge on any atom is 0.257 e. The molecule has 3 aliphatic rings. The van der Waals surface area contributed by atoms with Crippen molar-refractivity contribution >= 4 is 5.91 Å². The minimum absolute atomic E-state index is 0.186. The Bertz CT molecular complexity index is 1120. The van der Waals surface area contributed by atoms with Crippen LogP contribution in [0.1, 0.15) is 53.5 Å². The summed E-state index contributed by atoms with van der Waals surface area (Å²) in [4.78, 5) is 26.1. The lowest BCUT2D eigenvalue weighted by Gasteiger charge is -2.22. The van der Waals surface area contributed by atoms with E-state index in [1.54, 1.807) is 13.2 Å². The molecule has 0 aliphatic heterocycles. The van der Waals surface area contributed by atoms with Gasteiger partial charge in [0.2, 0.25) is 0 Å². The van der Waals surface area contributed by atoms with E-state index in [2.05, 4.69) is 22.0 Å². The van der Waals surface area contributed by atoms with Gasteiger partial charge in [0.15, 0.2) is 5.43 Å². The van der Waals surface area contributed by atoms with Gasteiger partial charge < -0.3 is 14.6 Å². The number of nitrogens with one attached hydrogen (secondary N) is 1. The number of allylic oxidation sites excluding steroid dienone is 2. The lowest BCUT2D eigenvalue weighted by molar-refractivity contribution is 0.0941. The van der Waals surface area contributed by atoms with Crippen LogP contribution in [0.5, 0.6) is 5.75 Å². The van der Waals surface area contributed by atoms with Crippen molar-refractivity contribution in [1.82, 2.24) is 9.88 Å². The molecule has 0 unspecified atom stereocenters. The van der Waals surface area contributed by atoms with Crippen LogP contribution < -0.4 is 15.5 Å². The zero-order chi connectivity index (χ0) is 22.5. The van der Waals surface area contributed by atoms with Crippen LogP contribution >= 0.6 is 0 Å². The molecule has 2 fully saturated rings. The van der Waals surface area contributed by atoms with Gasteiger partial charge in [0.05, 0.1) is 7.11 Å². The number of carbonyl (C=O) groups excluding carboxylic acids is 1. The summed E-state index contributed by atoms with van der Waals surface area (Å²) in [6.07, 6.45) is 9.21. The highest BCUT2D eigenvalue weighted by atomic mass is 16.5. The van der Waals surface area contributed by atoms with Crippen LogP contribution in [0.3, 0.4) is 0 Å². The van der Waals surface area contributed by atoms with Crippen LogP contribution in [-0.4, -0.2) is 24.1 Å². The number of carbonyl (C=O) groups is 1. The van der Waals surface area contributed by atoms with Gasteiger partial charge in [-0.05, 0) is 73.5 Å². The van der Waals surface area contributed by atoms with E-state index in [-0.39, 0.29) is 11.3 Å². The lowest BCUT2D eigenvalue weighted by Crippen LogP contribution is -2.36. The number of nitrogens with zero attached hydrogens (tertiary/aromatic N) is 1. The average molecular weight is 433 g/mol. The fourth-order valence-electron chi connectivity index (χ4n) is 6.24. The quantitative estimate of drug-likeness (QED) is 0.670. The zero-order valence-corrected chi connectivity index (χ0v) is 19.2. The lowest BCUT2D eigenvalue weighted by atomic mass is 9.89. The molecule has 2 saturated carbocycles. The molecule has 2 aromatic rings. The monoisotopic (exact) mass is 432 g/mol. The highest BCUT2D eigenvalue weighted by molar-refractivity contribution is 5.95. The normalized spacial score (nSPS) is 24.2. The Morgan fingerprint density at radius 3 is 2.59 bits per heavy atom. The number of ether oxygens (including phenoxy) is 1. The van der Waals surface area contributed by atoms with Gasteiger partial charge in [0.25, 0.3) is 5.91 Å². The number of aromatic nitrogens is 1. The van der Waals surface area contributed by atoms with Gasteiger partial charge in [0, 0.05) is 30.5 Å². The molecule has 3 atom stereocenters. The molecule has 3 aliphatic carbocycles. The standard InChI is InChI=1S/C27H32N2O3/c1-4-23-25(26(31)28-15-19-14-20-7-10-22(19)27(20)11-12-27)24(30)13-17(2)29(23)16-18-5-8-21(32-3)9-6-18/h5-10,13,19-20,22H,4,11-12,14-16H2,1-3H3,(H,28,31)/t19-,20+,22-/m0/s1. The van der Waals surface area contributed by atoms with E-state index < -0.39 is 0 Å². The van der Waals surface area contributed by atoms with E-state index in [4.69, 9.17) is 4.74 Å². The summed E-state index contributed by atoms with van der Waals surface area (Å²) in [7, 11) is 1.65. The second-order valence-electron chi connectivity index (χ2n) is 9.72. The molecular formula is C27H32N2O3. The maximum atomic E-state index is 13.2. The molecule has 1 amide bonds. The highest BCUT2D eigenvalue weighted by Crippen LogP contribution is 2.69. The Labute approximate surface area is 189 Å². The summed E-state index contributed by atoms with van der Waals surface area (Å²) >= 11 is 0. The molecule has 1 heterocycles. The average Bonchev–Trinajstić information content (AvgIpc) is 3.46. The molecule has 1 aromatic heterocycles. The van der Waals surface area contributed by atoms with Gasteiger partial charge in [0.1, 0.15) is 11.3 Å². The first kappa shape index (κ1) is 21.0. The molecule has 2 bridgehead atoms. The third-order valence-corrected chi connectivity index (χ3v) is 8.06. The van der Waals surface area contributed by atoms with Crippen molar-refractivity contribution in [3.05, 3.63) is 75.2 Å². The largest absolute Gasteiger partial charge is 0.497 e. The zero-order valence-electron chi connectivity index (χ0n) is 19.2. The number of methoxy groups -OCH3 is 1. The van der Waals surface area contributed by atoms with Crippen molar-refractivity contribution in [2.45, 2.75) is 46.1 Å². The van der Waals surface area contributed by atoms with Crippen LogP contribution in [0.15, 0.2) is 47.3 Å². The minimum atomic E-state index is -0.230. The molecule has 5 nitrogen and oxygen atoms in total. The molecule has 5 heteroatoms. The number of hydrogen-bond donors (Lipinski definition) is 1. The fourth-order valence-corrected chi connectivity index (χ4v) is 6.24. The summed E-state index contributed by atoms with van der Waals surface area (Å²) in [6.45, 7) is 5.20. The topological polar surface area (TPSA) is 60.3 Å². The molecule has 32 heavy (non-hydrogen) atoms. The summed E-state index contributed by atoms with van der Waals surface area (Å²) in [5.41, 5.74) is 3.39. The summed E-state index contributed by atoms with van der Waals surface area (Å²) in [6, 6.07) is 9.50. The van der Waals surface area contributed by atoms with Crippen molar-refractivity contribution in [3.63, 3.8) is 0 Å². The predicted octanol–water partition coefficient (Wildman–Crippen LogP) is 4.11. The third kappa shape index (κ3) is 3.39. The SMILES string of the molecule is CCc1c(C(=O)NC[C@@H]2C[C@H]3C=C[C@@H]2C32CC2)c(=O)cc(C)n1Cc1ccc(OC)cc1. The van der Waals surface area contributed by atoms with Gasteiger partial charge >= 0.3 is 0 Å². The van der Waals surface area contributed by atoms with Crippen LogP contribution in [0.25, 0.3) is 0 Å². The number of rotatable bonds is 7. The Hall–Kier alpha value is -2.82. The van der Waals surface area contributed by atoms with Crippen LogP contribution in [0.4, 0.5) is 0 Å². The molecule has 1 aromatic carbocycles. The van der Waals surface area contributed by atoms with E-state index in [9.17, 15) is 9.59 Å². The van der Waals surface area contributed by atoms with E-state index >= 15 is 0 Å². The second-order valence-corrected chi connectivity index (χ2v) is 9.72. The van der Waals surface area contributed by atoms with Gasteiger partial charge in [-0.2, -0.15) is 0 Å². The van der Waals surface area contributed by atoms with Crippen molar-refractivity contribution in [3.8, 4) is 5.75 Å². The van der Waals surface area contributed by atoms with Crippen LogP contribution in [-0.2, 0) is 13.0 Å². The second kappa shape index (κ2) is 7.95. The molecule has 1 N–H and O–H groups in total. The van der Waals surface area contributed by atoms with Crippen molar-refractivity contribution in [2.24, 2.45) is 23.2 Å². The van der Waals surface area contributed by atoms with Gasteiger partial charge in [-0.3, -0.25) is 9.59 Å². The van der Waals surface area contributed by atoms with Gasteiger partial charge in [-0.15, -0.1) is 0 Å². The summed E-state index contributed by atoms with van der Waals surface area (Å²) < 4.78 is 7.35. The Balaban J connectivity index is 1.36. The number of aryl methyl sites for hydroxylation is 1. The fraction of sp³-hybridized carbons (Fsp3) is 0.481. The molecular weight excluding hydrogens is 400 g/mol. The molecule has 0 saturated heterocycles. The summed E-state index contributed by atoms with van der Waals surface area (Å²) in [5.74, 6) is 2.37. The first-order valence-electron chi connectivity index (χ1n) is 11.8. The molecule has 1 spiro atoms. The van der Waals surface area contributed by atoms with E-state index in [0.29, 0.717) is 48.2 Å². The van der Waals surface area contributed by atoms with E-state index in [1.807, 2.05) is 38.1 Å².